The number of halogens is 4. The fourth-order valence-corrected chi connectivity index (χ4v) is 1.44. The van der Waals surface area contributed by atoms with Crippen LogP contribution < -0.4 is 5.73 Å². The molecule has 0 saturated carbocycles. The van der Waals surface area contributed by atoms with Crippen LogP contribution in [-0.2, 0) is 12.6 Å². The smallest absolute Gasteiger partial charge is 0.387 e. The summed E-state index contributed by atoms with van der Waals surface area (Å²) in [7, 11) is 0. The van der Waals surface area contributed by atoms with Gasteiger partial charge in [0.05, 0.1) is 11.4 Å². The average molecular weight is 237 g/mol. The van der Waals surface area contributed by atoms with E-state index in [0.717, 1.165) is 6.07 Å². The van der Waals surface area contributed by atoms with Crippen LogP contribution in [0, 0.1) is 5.41 Å². The summed E-state index contributed by atoms with van der Waals surface area (Å²) in [4.78, 5) is 0. The molecule has 0 amide bonds. The van der Waals surface area contributed by atoms with Gasteiger partial charge in [0.15, 0.2) is 0 Å². The first kappa shape index (κ1) is 11.8. The lowest BCUT2D eigenvalue weighted by atomic mass is 10.0. The lowest BCUT2D eigenvalue weighted by molar-refractivity contribution is -0.138. The summed E-state index contributed by atoms with van der Waals surface area (Å²) >= 11 is 5.63. The van der Waals surface area contributed by atoms with Crippen molar-refractivity contribution in [3.05, 3.63) is 34.3 Å². The van der Waals surface area contributed by atoms with Crippen molar-refractivity contribution >= 4 is 17.4 Å². The Balaban J connectivity index is 3.26. The van der Waals surface area contributed by atoms with Crippen molar-refractivity contribution in [3.63, 3.8) is 0 Å². The number of hydrogen-bond donors (Lipinski definition) is 2. The molecule has 0 fully saturated rings. The minimum atomic E-state index is -4.48. The molecule has 3 N–H and O–H groups in total. The quantitative estimate of drug-likeness (QED) is 0.602. The summed E-state index contributed by atoms with van der Waals surface area (Å²) in [5, 5.41) is 6.95. The third kappa shape index (κ3) is 2.86. The number of hydrogen-bond acceptors (Lipinski definition) is 1. The Morgan fingerprint density at radius 2 is 2.00 bits per heavy atom. The van der Waals surface area contributed by atoms with E-state index < -0.39 is 11.7 Å². The first-order valence-corrected chi connectivity index (χ1v) is 4.37. The number of nitrogens with one attached hydrogen (secondary N) is 1. The van der Waals surface area contributed by atoms with Gasteiger partial charge in [-0.15, -0.1) is 0 Å². The van der Waals surface area contributed by atoms with E-state index in [2.05, 4.69) is 0 Å². The molecule has 0 saturated heterocycles. The van der Waals surface area contributed by atoms with Gasteiger partial charge < -0.3 is 5.73 Å². The number of benzene rings is 1. The van der Waals surface area contributed by atoms with Crippen LogP contribution in [0.3, 0.4) is 0 Å². The second-order valence-corrected chi connectivity index (χ2v) is 3.37. The average Bonchev–Trinajstić information content (AvgIpc) is 2.05. The van der Waals surface area contributed by atoms with E-state index >= 15 is 0 Å². The van der Waals surface area contributed by atoms with Crippen LogP contribution in [0.15, 0.2) is 18.2 Å². The number of amidine groups is 1. The van der Waals surface area contributed by atoms with Crippen molar-refractivity contribution in [2.75, 3.05) is 0 Å². The summed E-state index contributed by atoms with van der Waals surface area (Å²) in [5.74, 6) is -0.353. The number of nitrogens with two attached hydrogens (primary N) is 1. The van der Waals surface area contributed by atoms with Gasteiger partial charge in [-0.2, -0.15) is 13.2 Å². The second kappa shape index (κ2) is 4.10. The molecule has 1 rings (SSSR count). The van der Waals surface area contributed by atoms with Crippen LogP contribution >= 0.6 is 11.6 Å². The summed E-state index contributed by atoms with van der Waals surface area (Å²) in [6.07, 6.45) is -4.77. The summed E-state index contributed by atoms with van der Waals surface area (Å²) in [6, 6.07) is 3.48. The van der Waals surface area contributed by atoms with Gasteiger partial charge in [-0.25, -0.2) is 0 Å². The molecule has 15 heavy (non-hydrogen) atoms. The van der Waals surface area contributed by atoms with Crippen molar-refractivity contribution in [2.45, 2.75) is 12.6 Å². The molecule has 0 spiro atoms. The van der Waals surface area contributed by atoms with Crippen LogP contribution in [0.2, 0.25) is 5.02 Å². The molecule has 1 aromatic rings. The highest BCUT2D eigenvalue weighted by Gasteiger charge is 2.33. The Morgan fingerprint density at radius 1 is 1.40 bits per heavy atom. The van der Waals surface area contributed by atoms with Gasteiger partial charge in [0, 0.05) is 11.4 Å². The molecule has 0 unspecified atom stereocenters. The second-order valence-electron chi connectivity index (χ2n) is 2.97. The van der Waals surface area contributed by atoms with Crippen LogP contribution in [0.4, 0.5) is 13.2 Å². The predicted molar refractivity (Wildman–Crippen MR) is 52.1 cm³/mol. The van der Waals surface area contributed by atoms with Gasteiger partial charge >= 0.3 is 6.18 Å². The van der Waals surface area contributed by atoms with E-state index in [1.807, 2.05) is 0 Å². The molecule has 0 bridgehead atoms. The van der Waals surface area contributed by atoms with Crippen molar-refractivity contribution in [2.24, 2.45) is 5.73 Å². The first-order chi connectivity index (χ1) is 6.82. The minimum absolute atomic E-state index is 0.0278. The topological polar surface area (TPSA) is 49.9 Å². The van der Waals surface area contributed by atoms with Gasteiger partial charge in [-0.05, 0) is 17.7 Å². The molecule has 0 aliphatic heterocycles. The molecule has 6 heteroatoms. The fraction of sp³-hybridized carbons (Fsp3) is 0.222. The summed E-state index contributed by atoms with van der Waals surface area (Å²) in [5.41, 5.74) is 4.07. The standard InChI is InChI=1S/C9H8ClF3N2/c10-7-3-1-2-6(9(11,12)13)5(7)4-8(14)15/h1-3H,4H2,(H3,14,15). The molecule has 0 heterocycles. The molecule has 82 valence electrons. The maximum absolute atomic E-state index is 12.5. The van der Waals surface area contributed by atoms with E-state index in [0.29, 0.717) is 0 Å². The van der Waals surface area contributed by atoms with Crippen molar-refractivity contribution in [3.8, 4) is 0 Å². The molecule has 0 aromatic heterocycles. The molecular weight excluding hydrogens is 229 g/mol. The molecule has 0 atom stereocenters. The zero-order valence-corrected chi connectivity index (χ0v) is 8.28. The zero-order chi connectivity index (χ0) is 11.6. The number of alkyl halides is 3. The van der Waals surface area contributed by atoms with Crippen LogP contribution in [0.25, 0.3) is 0 Å². The largest absolute Gasteiger partial charge is 0.416 e. The third-order valence-electron chi connectivity index (χ3n) is 1.79. The zero-order valence-electron chi connectivity index (χ0n) is 7.53. The van der Waals surface area contributed by atoms with Gasteiger partial charge in [0.25, 0.3) is 0 Å². The third-order valence-corrected chi connectivity index (χ3v) is 2.15. The lowest BCUT2D eigenvalue weighted by Gasteiger charge is -2.13. The minimum Gasteiger partial charge on any atom is -0.387 e. The van der Waals surface area contributed by atoms with E-state index in [1.165, 1.54) is 12.1 Å². The Kier molecular flexibility index (Phi) is 3.24. The molecule has 1 aromatic carbocycles. The molecule has 0 aliphatic carbocycles. The normalized spacial score (nSPS) is 11.5. The van der Waals surface area contributed by atoms with Crippen molar-refractivity contribution in [1.29, 1.82) is 5.41 Å². The van der Waals surface area contributed by atoms with Crippen molar-refractivity contribution in [1.82, 2.24) is 0 Å². The molecule has 0 aliphatic rings. The van der Waals surface area contributed by atoms with Crippen molar-refractivity contribution < 1.29 is 13.2 Å². The van der Waals surface area contributed by atoms with E-state index in [1.54, 1.807) is 0 Å². The monoisotopic (exact) mass is 236 g/mol. The molecular formula is C9H8ClF3N2. The van der Waals surface area contributed by atoms with E-state index in [-0.39, 0.29) is 22.8 Å². The molecule has 2 nitrogen and oxygen atoms in total. The SMILES string of the molecule is N=C(N)Cc1c(Cl)cccc1C(F)(F)F. The van der Waals surface area contributed by atoms with Gasteiger partial charge in [-0.3, -0.25) is 5.41 Å². The lowest BCUT2D eigenvalue weighted by Crippen LogP contribution is -2.17. The summed E-state index contributed by atoms with van der Waals surface area (Å²) in [6.45, 7) is 0. The first-order valence-electron chi connectivity index (χ1n) is 4.00. The van der Waals surface area contributed by atoms with E-state index in [4.69, 9.17) is 22.7 Å². The van der Waals surface area contributed by atoms with Crippen LogP contribution in [-0.4, -0.2) is 5.84 Å². The Hall–Kier alpha value is -1.23. The fourth-order valence-electron chi connectivity index (χ4n) is 1.19. The van der Waals surface area contributed by atoms with E-state index in [9.17, 15) is 13.2 Å². The van der Waals surface area contributed by atoms with Crippen LogP contribution in [0.1, 0.15) is 11.1 Å². The van der Waals surface area contributed by atoms with Gasteiger partial charge in [0.1, 0.15) is 0 Å². The maximum atomic E-state index is 12.5. The highest BCUT2D eigenvalue weighted by Crippen LogP contribution is 2.35. The predicted octanol–water partition coefficient (Wildman–Crippen LogP) is 2.84. The maximum Gasteiger partial charge on any atom is 0.416 e. The molecule has 0 radical (unpaired) electrons. The van der Waals surface area contributed by atoms with Crippen LogP contribution in [0.5, 0.6) is 0 Å². The van der Waals surface area contributed by atoms with Gasteiger partial charge in [0.2, 0.25) is 0 Å². The highest BCUT2D eigenvalue weighted by atomic mass is 35.5. The van der Waals surface area contributed by atoms with Gasteiger partial charge in [-0.1, -0.05) is 17.7 Å². The number of rotatable bonds is 2. The summed E-state index contributed by atoms with van der Waals surface area (Å²) < 4.78 is 37.5. The highest BCUT2D eigenvalue weighted by molar-refractivity contribution is 6.31. The Labute approximate surface area is 89.4 Å². The Morgan fingerprint density at radius 3 is 2.47 bits per heavy atom. The Bertz CT molecular complexity index is 387.